The standard InChI is InChI=1S/C9H12Br2N2O2S.ClH/c1-12-4-5-13-16(14,15)9-6-7(10)2-3-8(9)11;/h2-3,6,12-13H,4-5H2,1H3;1H. The van der Waals surface area contributed by atoms with E-state index in [1.807, 2.05) is 0 Å². The average Bonchev–Trinajstić information content (AvgIpc) is 2.22. The lowest BCUT2D eigenvalue weighted by atomic mass is 10.4. The summed E-state index contributed by atoms with van der Waals surface area (Å²) >= 11 is 6.46. The topological polar surface area (TPSA) is 58.2 Å². The van der Waals surface area contributed by atoms with Crippen LogP contribution in [0.25, 0.3) is 0 Å². The van der Waals surface area contributed by atoms with Crippen molar-refractivity contribution >= 4 is 54.3 Å². The maximum Gasteiger partial charge on any atom is 0.241 e. The van der Waals surface area contributed by atoms with Crippen molar-refractivity contribution in [2.24, 2.45) is 0 Å². The summed E-state index contributed by atoms with van der Waals surface area (Å²) in [5, 5.41) is 2.87. The molecule has 1 aromatic carbocycles. The van der Waals surface area contributed by atoms with E-state index in [9.17, 15) is 8.42 Å². The van der Waals surface area contributed by atoms with Gasteiger partial charge in [0.25, 0.3) is 0 Å². The number of hydrogen-bond acceptors (Lipinski definition) is 3. The predicted octanol–water partition coefficient (Wildman–Crippen LogP) is 2.13. The van der Waals surface area contributed by atoms with Crippen molar-refractivity contribution < 1.29 is 8.42 Å². The third-order valence-electron chi connectivity index (χ3n) is 1.85. The van der Waals surface area contributed by atoms with Crippen LogP contribution in [0, 0.1) is 0 Å². The zero-order chi connectivity index (χ0) is 12.2. The van der Waals surface area contributed by atoms with Gasteiger partial charge in [-0.15, -0.1) is 12.4 Å². The second-order valence-corrected chi connectivity index (χ2v) is 6.58. The van der Waals surface area contributed by atoms with Gasteiger partial charge in [0, 0.05) is 22.0 Å². The highest BCUT2D eigenvalue weighted by Crippen LogP contribution is 2.25. The second kappa shape index (κ2) is 7.70. The first-order chi connectivity index (χ1) is 7.47. The lowest BCUT2D eigenvalue weighted by Crippen LogP contribution is -2.30. The minimum absolute atomic E-state index is 0. The van der Waals surface area contributed by atoms with E-state index in [1.165, 1.54) is 0 Å². The molecule has 8 heteroatoms. The Morgan fingerprint density at radius 2 is 1.88 bits per heavy atom. The van der Waals surface area contributed by atoms with Crippen molar-refractivity contribution in [1.29, 1.82) is 0 Å². The molecule has 0 aromatic heterocycles. The zero-order valence-electron chi connectivity index (χ0n) is 9.04. The van der Waals surface area contributed by atoms with E-state index in [0.29, 0.717) is 17.6 Å². The Morgan fingerprint density at radius 3 is 2.47 bits per heavy atom. The van der Waals surface area contributed by atoms with Gasteiger partial charge in [0.15, 0.2) is 0 Å². The van der Waals surface area contributed by atoms with Gasteiger partial charge in [-0.1, -0.05) is 15.9 Å². The average molecular weight is 409 g/mol. The fourth-order valence-electron chi connectivity index (χ4n) is 1.07. The number of benzene rings is 1. The van der Waals surface area contributed by atoms with Gasteiger partial charge in [-0.2, -0.15) is 0 Å². The molecule has 0 atom stereocenters. The van der Waals surface area contributed by atoms with Gasteiger partial charge in [0.1, 0.15) is 0 Å². The molecule has 0 unspecified atom stereocenters. The third-order valence-corrected chi connectivity index (χ3v) is 4.80. The second-order valence-electron chi connectivity index (χ2n) is 3.08. The Morgan fingerprint density at radius 1 is 1.24 bits per heavy atom. The minimum Gasteiger partial charge on any atom is -0.318 e. The molecular formula is C9H13Br2ClN2O2S. The Kier molecular flexibility index (Phi) is 7.86. The molecule has 98 valence electrons. The van der Waals surface area contributed by atoms with E-state index in [1.54, 1.807) is 25.2 Å². The Bertz CT molecular complexity index is 468. The molecular weight excluding hydrogens is 395 g/mol. The Balaban J connectivity index is 0.00000256. The molecule has 0 aliphatic carbocycles. The molecule has 2 N–H and O–H groups in total. The number of nitrogens with one attached hydrogen (secondary N) is 2. The monoisotopic (exact) mass is 406 g/mol. The highest BCUT2D eigenvalue weighted by molar-refractivity contribution is 9.11. The molecule has 0 fully saturated rings. The highest BCUT2D eigenvalue weighted by Gasteiger charge is 2.16. The molecule has 0 amide bonds. The Labute approximate surface area is 124 Å². The minimum atomic E-state index is -3.45. The molecule has 17 heavy (non-hydrogen) atoms. The fourth-order valence-corrected chi connectivity index (χ4v) is 3.60. The van der Waals surface area contributed by atoms with Crippen LogP contribution in [0.15, 0.2) is 32.0 Å². The van der Waals surface area contributed by atoms with Crippen LogP contribution in [0.3, 0.4) is 0 Å². The van der Waals surface area contributed by atoms with Gasteiger partial charge < -0.3 is 5.32 Å². The lowest BCUT2D eigenvalue weighted by Gasteiger charge is -2.08. The molecule has 0 spiro atoms. The summed E-state index contributed by atoms with van der Waals surface area (Å²) in [5.41, 5.74) is 0. The van der Waals surface area contributed by atoms with Gasteiger partial charge in [0.05, 0.1) is 4.90 Å². The van der Waals surface area contributed by atoms with Crippen molar-refractivity contribution in [2.45, 2.75) is 4.90 Å². The number of hydrogen-bond donors (Lipinski definition) is 2. The van der Waals surface area contributed by atoms with E-state index >= 15 is 0 Å². The smallest absolute Gasteiger partial charge is 0.241 e. The van der Waals surface area contributed by atoms with E-state index in [2.05, 4.69) is 41.9 Å². The van der Waals surface area contributed by atoms with Gasteiger partial charge in [-0.05, 0) is 41.2 Å². The molecule has 1 aromatic rings. The highest BCUT2D eigenvalue weighted by atomic mass is 79.9. The number of rotatable bonds is 5. The van der Waals surface area contributed by atoms with Gasteiger partial charge in [-0.25, -0.2) is 13.1 Å². The fraction of sp³-hybridized carbons (Fsp3) is 0.333. The molecule has 0 aliphatic heterocycles. The Hall–Kier alpha value is 0.340. The van der Waals surface area contributed by atoms with Crippen molar-refractivity contribution in [3.8, 4) is 0 Å². The molecule has 0 bridgehead atoms. The first-order valence-electron chi connectivity index (χ1n) is 4.56. The van der Waals surface area contributed by atoms with Crippen LogP contribution in [0.5, 0.6) is 0 Å². The normalized spacial score (nSPS) is 11.0. The van der Waals surface area contributed by atoms with E-state index in [-0.39, 0.29) is 17.3 Å². The molecule has 0 saturated heterocycles. The first-order valence-corrected chi connectivity index (χ1v) is 7.63. The van der Waals surface area contributed by atoms with Gasteiger partial charge in [0.2, 0.25) is 10.0 Å². The van der Waals surface area contributed by atoms with Crippen LogP contribution in [0.1, 0.15) is 0 Å². The number of sulfonamides is 1. The lowest BCUT2D eigenvalue weighted by molar-refractivity contribution is 0.579. The van der Waals surface area contributed by atoms with Crippen LogP contribution in [0.2, 0.25) is 0 Å². The summed E-state index contributed by atoms with van der Waals surface area (Å²) in [5.74, 6) is 0. The van der Waals surface area contributed by atoms with E-state index < -0.39 is 10.0 Å². The van der Waals surface area contributed by atoms with Crippen LogP contribution in [-0.4, -0.2) is 28.6 Å². The SMILES string of the molecule is CNCCNS(=O)(=O)c1cc(Br)ccc1Br.Cl. The van der Waals surface area contributed by atoms with Gasteiger partial charge in [-0.3, -0.25) is 0 Å². The van der Waals surface area contributed by atoms with Crippen LogP contribution in [0.4, 0.5) is 0 Å². The number of likely N-dealkylation sites (N-methyl/N-ethyl adjacent to an activating group) is 1. The van der Waals surface area contributed by atoms with Gasteiger partial charge >= 0.3 is 0 Å². The summed E-state index contributed by atoms with van der Waals surface area (Å²) < 4.78 is 27.6. The van der Waals surface area contributed by atoms with Crippen LogP contribution in [-0.2, 0) is 10.0 Å². The quantitative estimate of drug-likeness (QED) is 0.734. The van der Waals surface area contributed by atoms with Crippen LogP contribution < -0.4 is 10.0 Å². The summed E-state index contributed by atoms with van der Waals surface area (Å²) in [6.07, 6.45) is 0. The third kappa shape index (κ3) is 5.23. The molecule has 0 aliphatic rings. The maximum absolute atomic E-state index is 11.9. The molecule has 0 saturated carbocycles. The van der Waals surface area contributed by atoms with Crippen molar-refractivity contribution in [3.05, 3.63) is 27.1 Å². The van der Waals surface area contributed by atoms with Crippen molar-refractivity contribution in [1.82, 2.24) is 10.0 Å². The summed E-state index contributed by atoms with van der Waals surface area (Å²) in [7, 11) is -1.69. The van der Waals surface area contributed by atoms with Crippen molar-refractivity contribution in [2.75, 3.05) is 20.1 Å². The first kappa shape index (κ1) is 17.3. The van der Waals surface area contributed by atoms with Crippen LogP contribution >= 0.6 is 44.3 Å². The van der Waals surface area contributed by atoms with E-state index in [0.717, 1.165) is 4.47 Å². The zero-order valence-corrected chi connectivity index (χ0v) is 13.8. The summed E-state index contributed by atoms with van der Waals surface area (Å²) in [6, 6.07) is 5.03. The molecule has 1 rings (SSSR count). The predicted molar refractivity (Wildman–Crippen MR) is 78.2 cm³/mol. The summed E-state index contributed by atoms with van der Waals surface area (Å²) in [6.45, 7) is 0.947. The molecule has 0 radical (unpaired) electrons. The molecule has 4 nitrogen and oxygen atoms in total. The largest absolute Gasteiger partial charge is 0.318 e. The van der Waals surface area contributed by atoms with E-state index in [4.69, 9.17) is 0 Å². The molecule has 0 heterocycles. The summed E-state index contributed by atoms with van der Waals surface area (Å²) in [4.78, 5) is 0.234. The number of halogens is 3. The van der Waals surface area contributed by atoms with Crippen molar-refractivity contribution in [3.63, 3.8) is 0 Å². The maximum atomic E-state index is 11.9.